The second kappa shape index (κ2) is 7.28. The molecular formula is C16H15N7O2S2. The number of rotatable bonds is 5. The summed E-state index contributed by atoms with van der Waals surface area (Å²) in [6.07, 6.45) is 1.42. The standard InChI is InChI=1S/C16H15N7O2S2/c1-9-14(26-16(19-3)21-9)13-12(18-2)8-20-15(23-13)22-10-5-4-6-11(7-10)27(17,24)25/h4-8H,1,3H3,(H,19,21)(H2,17,24,25)(H,20,22,23). The Kier molecular flexibility index (Phi) is 5.04. The van der Waals surface area contributed by atoms with E-state index in [9.17, 15) is 8.42 Å². The summed E-state index contributed by atoms with van der Waals surface area (Å²) in [5.74, 6) is 0.225. The first-order valence-corrected chi connectivity index (χ1v) is 9.98. The van der Waals surface area contributed by atoms with E-state index < -0.39 is 10.0 Å². The van der Waals surface area contributed by atoms with Crippen molar-refractivity contribution in [3.63, 3.8) is 0 Å². The number of nitrogens with two attached hydrogens (primary N) is 1. The van der Waals surface area contributed by atoms with Crippen LogP contribution in [0.2, 0.25) is 0 Å². The van der Waals surface area contributed by atoms with Crippen LogP contribution < -0.4 is 15.8 Å². The first kappa shape index (κ1) is 18.7. The van der Waals surface area contributed by atoms with Crippen LogP contribution >= 0.6 is 11.3 Å². The highest BCUT2D eigenvalue weighted by Crippen LogP contribution is 2.37. The van der Waals surface area contributed by atoms with Gasteiger partial charge in [0.05, 0.1) is 27.7 Å². The van der Waals surface area contributed by atoms with Crippen molar-refractivity contribution in [3.8, 4) is 10.6 Å². The van der Waals surface area contributed by atoms with Gasteiger partial charge in [0, 0.05) is 18.9 Å². The van der Waals surface area contributed by atoms with Crippen molar-refractivity contribution in [3.05, 3.63) is 47.6 Å². The van der Waals surface area contributed by atoms with Crippen LogP contribution in [0.25, 0.3) is 15.4 Å². The third-order valence-electron chi connectivity index (χ3n) is 3.53. The van der Waals surface area contributed by atoms with E-state index in [1.54, 1.807) is 19.2 Å². The van der Waals surface area contributed by atoms with Gasteiger partial charge in [-0.05, 0) is 25.1 Å². The first-order chi connectivity index (χ1) is 12.8. The first-order valence-electron chi connectivity index (χ1n) is 7.61. The smallest absolute Gasteiger partial charge is 0.238 e. The summed E-state index contributed by atoms with van der Waals surface area (Å²) < 4.78 is 23.0. The topological polar surface area (TPSA) is 127 Å². The van der Waals surface area contributed by atoms with Crippen LogP contribution in [0.15, 0.2) is 35.4 Å². The Hall–Kier alpha value is -3.07. The molecule has 0 bridgehead atoms. The highest BCUT2D eigenvalue weighted by Gasteiger charge is 2.17. The fourth-order valence-corrected chi connectivity index (χ4v) is 3.77. The lowest BCUT2D eigenvalue weighted by Gasteiger charge is -2.08. The minimum Gasteiger partial charge on any atom is -0.365 e. The van der Waals surface area contributed by atoms with Crippen LogP contribution in [0.3, 0.4) is 0 Å². The molecule has 3 aromatic rings. The number of hydrogen-bond acceptors (Lipinski definition) is 8. The highest BCUT2D eigenvalue weighted by molar-refractivity contribution is 7.89. The Morgan fingerprint density at radius 1 is 1.30 bits per heavy atom. The summed E-state index contributed by atoms with van der Waals surface area (Å²) in [4.78, 5) is 17.2. The zero-order valence-corrected chi connectivity index (χ0v) is 16.0. The maximum atomic E-state index is 11.5. The molecule has 0 fully saturated rings. The number of primary sulfonamides is 1. The van der Waals surface area contributed by atoms with Crippen molar-refractivity contribution in [2.24, 2.45) is 5.14 Å². The molecule has 0 spiro atoms. The molecule has 0 radical (unpaired) electrons. The van der Waals surface area contributed by atoms with E-state index in [0.717, 1.165) is 10.6 Å². The van der Waals surface area contributed by atoms with Crippen LogP contribution in [0, 0.1) is 13.5 Å². The van der Waals surface area contributed by atoms with Gasteiger partial charge in [-0.25, -0.2) is 33.4 Å². The molecule has 0 aliphatic heterocycles. The molecule has 11 heteroatoms. The van der Waals surface area contributed by atoms with Crippen molar-refractivity contribution in [1.82, 2.24) is 15.0 Å². The number of aromatic nitrogens is 3. The predicted molar refractivity (Wildman–Crippen MR) is 105 cm³/mol. The van der Waals surface area contributed by atoms with Crippen LogP contribution in [0.5, 0.6) is 0 Å². The normalized spacial score (nSPS) is 11.0. The minimum absolute atomic E-state index is 0.0255. The maximum absolute atomic E-state index is 11.5. The summed E-state index contributed by atoms with van der Waals surface area (Å²) in [5.41, 5.74) is 1.96. The van der Waals surface area contributed by atoms with Crippen molar-refractivity contribution in [2.75, 3.05) is 17.7 Å². The van der Waals surface area contributed by atoms with Gasteiger partial charge in [0.1, 0.15) is 0 Å². The molecule has 0 atom stereocenters. The molecule has 1 aromatic carbocycles. The Morgan fingerprint density at radius 2 is 2.07 bits per heavy atom. The molecular weight excluding hydrogens is 386 g/mol. The molecule has 3 rings (SSSR count). The van der Waals surface area contributed by atoms with Crippen LogP contribution in [0.1, 0.15) is 5.69 Å². The molecule has 138 valence electrons. The van der Waals surface area contributed by atoms with Gasteiger partial charge in [-0.1, -0.05) is 17.4 Å². The van der Waals surface area contributed by atoms with Crippen LogP contribution in [-0.2, 0) is 10.0 Å². The molecule has 0 saturated carbocycles. The minimum atomic E-state index is -3.82. The maximum Gasteiger partial charge on any atom is 0.238 e. The molecule has 2 aromatic heterocycles. The number of benzene rings is 1. The molecule has 0 saturated heterocycles. The van der Waals surface area contributed by atoms with E-state index in [-0.39, 0.29) is 10.8 Å². The lowest BCUT2D eigenvalue weighted by Crippen LogP contribution is -2.12. The summed E-state index contributed by atoms with van der Waals surface area (Å²) in [7, 11) is -2.05. The predicted octanol–water partition coefficient (Wildman–Crippen LogP) is 2.89. The van der Waals surface area contributed by atoms with Crippen molar-refractivity contribution < 1.29 is 8.42 Å². The number of nitrogens with zero attached hydrogens (tertiary/aromatic N) is 4. The molecule has 0 amide bonds. The number of anilines is 3. The van der Waals surface area contributed by atoms with E-state index in [2.05, 4.69) is 30.4 Å². The average Bonchev–Trinajstić information content (AvgIpc) is 3.02. The van der Waals surface area contributed by atoms with Crippen LogP contribution in [0.4, 0.5) is 22.5 Å². The molecule has 4 N–H and O–H groups in total. The Bertz CT molecular complexity index is 1150. The zero-order valence-electron chi connectivity index (χ0n) is 14.4. The van der Waals surface area contributed by atoms with Gasteiger partial charge in [0.2, 0.25) is 21.7 Å². The second-order valence-corrected chi connectivity index (χ2v) is 7.98. The molecule has 2 heterocycles. The van der Waals surface area contributed by atoms with Gasteiger partial charge in [-0.15, -0.1) is 0 Å². The van der Waals surface area contributed by atoms with Crippen molar-refractivity contribution in [2.45, 2.75) is 11.8 Å². The largest absolute Gasteiger partial charge is 0.365 e. The van der Waals surface area contributed by atoms with Crippen molar-refractivity contribution >= 4 is 43.8 Å². The molecule has 0 aliphatic rings. The van der Waals surface area contributed by atoms with Gasteiger partial charge in [-0.3, -0.25) is 0 Å². The average molecular weight is 401 g/mol. The highest BCUT2D eigenvalue weighted by atomic mass is 32.2. The van der Waals surface area contributed by atoms with Gasteiger partial charge in [-0.2, -0.15) is 0 Å². The number of thiazole rings is 1. The molecule has 0 unspecified atom stereocenters. The zero-order chi connectivity index (χ0) is 19.6. The van der Waals surface area contributed by atoms with E-state index in [1.807, 2.05) is 6.92 Å². The van der Waals surface area contributed by atoms with E-state index in [4.69, 9.17) is 11.7 Å². The fourth-order valence-electron chi connectivity index (χ4n) is 2.29. The number of aryl methyl sites for hydroxylation is 1. The lowest BCUT2D eigenvalue weighted by molar-refractivity contribution is 0.598. The van der Waals surface area contributed by atoms with Crippen LogP contribution in [-0.4, -0.2) is 30.4 Å². The van der Waals surface area contributed by atoms with Gasteiger partial charge in [0.25, 0.3) is 0 Å². The summed E-state index contributed by atoms with van der Waals surface area (Å²) in [5, 5.41) is 11.8. The summed E-state index contributed by atoms with van der Waals surface area (Å²) >= 11 is 1.38. The van der Waals surface area contributed by atoms with E-state index in [1.165, 1.54) is 29.7 Å². The summed E-state index contributed by atoms with van der Waals surface area (Å²) in [6.45, 7) is 9.20. The number of sulfonamides is 1. The van der Waals surface area contributed by atoms with Gasteiger partial charge < -0.3 is 10.6 Å². The molecule has 9 nitrogen and oxygen atoms in total. The third-order valence-corrected chi connectivity index (χ3v) is 5.63. The summed E-state index contributed by atoms with van der Waals surface area (Å²) in [6, 6.07) is 6.01. The Labute approximate surface area is 160 Å². The van der Waals surface area contributed by atoms with Gasteiger partial charge >= 0.3 is 0 Å². The van der Waals surface area contributed by atoms with Gasteiger partial charge in [0.15, 0.2) is 5.13 Å². The third kappa shape index (κ3) is 4.03. The monoisotopic (exact) mass is 401 g/mol. The number of hydrogen-bond donors (Lipinski definition) is 3. The Morgan fingerprint density at radius 3 is 2.70 bits per heavy atom. The van der Waals surface area contributed by atoms with E-state index in [0.29, 0.717) is 22.2 Å². The fraction of sp³-hybridized carbons (Fsp3) is 0.125. The van der Waals surface area contributed by atoms with Crippen molar-refractivity contribution in [1.29, 1.82) is 0 Å². The van der Waals surface area contributed by atoms with E-state index >= 15 is 0 Å². The SMILES string of the molecule is [C-]#[N+]c1cnc(Nc2cccc(S(N)(=O)=O)c2)nc1-c1sc(NC)nc1C. The molecule has 0 aliphatic carbocycles. The quantitative estimate of drug-likeness (QED) is 0.561. The number of nitrogens with one attached hydrogen (secondary N) is 2. The second-order valence-electron chi connectivity index (χ2n) is 5.42. The molecule has 27 heavy (non-hydrogen) atoms. The Balaban J connectivity index is 2.01. The lowest BCUT2D eigenvalue weighted by atomic mass is 10.2.